The van der Waals surface area contributed by atoms with Crippen LogP contribution in [0.4, 0.5) is 0 Å². The van der Waals surface area contributed by atoms with Gasteiger partial charge in [-0.2, -0.15) is 0 Å². The molecule has 0 saturated heterocycles. The Labute approximate surface area is 133 Å². The summed E-state index contributed by atoms with van der Waals surface area (Å²) in [6.45, 7) is 6.40. The van der Waals surface area contributed by atoms with Crippen molar-refractivity contribution in [3.05, 3.63) is 52.4 Å². The lowest BCUT2D eigenvalue weighted by atomic mass is 10.2. The van der Waals surface area contributed by atoms with Crippen molar-refractivity contribution in [2.45, 2.75) is 31.0 Å². The van der Waals surface area contributed by atoms with Gasteiger partial charge in [0.15, 0.2) is 0 Å². The summed E-state index contributed by atoms with van der Waals surface area (Å²) in [5.41, 5.74) is 1.31. The minimum Gasteiger partial charge on any atom is -0.468 e. The molecule has 1 N–H and O–H groups in total. The molecule has 1 heterocycles. The minimum absolute atomic E-state index is 0.682. The highest BCUT2D eigenvalue weighted by Gasteiger charge is 2.04. The van der Waals surface area contributed by atoms with E-state index in [9.17, 15) is 0 Å². The van der Waals surface area contributed by atoms with E-state index in [1.165, 1.54) is 10.5 Å². The molecular formula is C16H20BrNOS. The summed E-state index contributed by atoms with van der Waals surface area (Å²) in [5.74, 6) is 2.54. The van der Waals surface area contributed by atoms with Crippen LogP contribution in [0.2, 0.25) is 0 Å². The van der Waals surface area contributed by atoms with Crippen LogP contribution in [0.3, 0.4) is 0 Å². The number of rotatable bonds is 7. The van der Waals surface area contributed by atoms with E-state index in [1.807, 2.05) is 12.1 Å². The van der Waals surface area contributed by atoms with E-state index in [1.54, 1.807) is 18.0 Å². The first-order valence-electron chi connectivity index (χ1n) is 6.79. The Morgan fingerprint density at radius 2 is 2.15 bits per heavy atom. The Hall–Kier alpha value is -0.710. The molecule has 0 aliphatic rings. The Balaban J connectivity index is 1.88. The van der Waals surface area contributed by atoms with Gasteiger partial charge in [0.2, 0.25) is 0 Å². The lowest BCUT2D eigenvalue weighted by Crippen LogP contribution is -2.18. The van der Waals surface area contributed by atoms with Crippen LogP contribution in [-0.2, 0) is 12.3 Å². The first-order valence-corrected chi connectivity index (χ1v) is 8.57. The van der Waals surface area contributed by atoms with Crippen LogP contribution in [-0.4, -0.2) is 6.54 Å². The molecule has 0 amide bonds. The molecule has 0 unspecified atom stereocenters. The van der Waals surface area contributed by atoms with Gasteiger partial charge in [0.25, 0.3) is 0 Å². The number of nitrogens with one attached hydrogen (secondary N) is 1. The molecule has 0 radical (unpaired) electrons. The zero-order valence-electron chi connectivity index (χ0n) is 11.9. The van der Waals surface area contributed by atoms with Crippen LogP contribution >= 0.6 is 27.7 Å². The molecule has 0 bridgehead atoms. The highest BCUT2D eigenvalue weighted by Crippen LogP contribution is 2.30. The standard InChI is InChI=1S/C16H20BrNOS/c1-12(2)9-18-10-13-5-6-16(15(17)8-13)20-11-14-4-3-7-19-14/h3-8,12,18H,9-11H2,1-2H3. The van der Waals surface area contributed by atoms with Gasteiger partial charge < -0.3 is 9.73 Å². The molecule has 2 aromatic rings. The average Bonchev–Trinajstić information content (AvgIpc) is 2.90. The largest absolute Gasteiger partial charge is 0.468 e. The molecule has 20 heavy (non-hydrogen) atoms. The summed E-state index contributed by atoms with van der Waals surface area (Å²) in [6.07, 6.45) is 1.72. The van der Waals surface area contributed by atoms with Crippen LogP contribution in [0, 0.1) is 5.92 Å². The third-order valence-electron chi connectivity index (χ3n) is 2.83. The predicted molar refractivity (Wildman–Crippen MR) is 89.0 cm³/mol. The fourth-order valence-electron chi connectivity index (χ4n) is 1.82. The van der Waals surface area contributed by atoms with Crippen molar-refractivity contribution >= 4 is 27.7 Å². The highest BCUT2D eigenvalue weighted by atomic mass is 79.9. The Bertz CT molecular complexity index is 525. The molecule has 2 rings (SSSR count). The molecule has 0 aliphatic heterocycles. The van der Waals surface area contributed by atoms with Crippen LogP contribution in [0.1, 0.15) is 25.2 Å². The van der Waals surface area contributed by atoms with E-state index >= 15 is 0 Å². The number of hydrogen-bond donors (Lipinski definition) is 1. The lowest BCUT2D eigenvalue weighted by Gasteiger charge is -2.09. The second kappa shape index (κ2) is 7.91. The second-order valence-corrected chi connectivity index (χ2v) is 7.03. The van der Waals surface area contributed by atoms with E-state index in [-0.39, 0.29) is 0 Å². The number of benzene rings is 1. The molecule has 1 aromatic carbocycles. The Morgan fingerprint density at radius 3 is 2.80 bits per heavy atom. The van der Waals surface area contributed by atoms with E-state index < -0.39 is 0 Å². The normalized spacial score (nSPS) is 11.2. The number of furan rings is 1. The summed E-state index contributed by atoms with van der Waals surface area (Å²) in [4.78, 5) is 1.24. The predicted octanol–water partition coefficient (Wildman–Crippen LogP) is 5.08. The average molecular weight is 354 g/mol. The van der Waals surface area contributed by atoms with Crippen LogP contribution in [0.15, 0.2) is 50.4 Å². The minimum atomic E-state index is 0.682. The molecule has 1 aromatic heterocycles. The van der Waals surface area contributed by atoms with Gasteiger partial charge in [0.1, 0.15) is 5.76 Å². The fraction of sp³-hybridized carbons (Fsp3) is 0.375. The smallest absolute Gasteiger partial charge is 0.113 e. The van der Waals surface area contributed by atoms with Crippen molar-refractivity contribution < 1.29 is 4.42 Å². The maximum absolute atomic E-state index is 5.35. The van der Waals surface area contributed by atoms with Gasteiger partial charge in [-0.1, -0.05) is 19.9 Å². The summed E-state index contributed by atoms with van der Waals surface area (Å²) in [7, 11) is 0. The van der Waals surface area contributed by atoms with E-state index in [4.69, 9.17) is 4.42 Å². The molecule has 0 aliphatic carbocycles. The third-order valence-corrected chi connectivity index (χ3v) is 4.84. The maximum Gasteiger partial charge on any atom is 0.113 e. The molecule has 2 nitrogen and oxygen atoms in total. The topological polar surface area (TPSA) is 25.2 Å². The highest BCUT2D eigenvalue weighted by molar-refractivity contribution is 9.10. The first-order chi connectivity index (χ1) is 9.65. The maximum atomic E-state index is 5.35. The summed E-state index contributed by atoms with van der Waals surface area (Å²) >= 11 is 5.43. The van der Waals surface area contributed by atoms with Crippen LogP contribution < -0.4 is 5.32 Å². The van der Waals surface area contributed by atoms with Gasteiger partial charge in [0, 0.05) is 15.9 Å². The van der Waals surface area contributed by atoms with Crippen molar-refractivity contribution in [3.8, 4) is 0 Å². The molecular weight excluding hydrogens is 334 g/mol. The van der Waals surface area contributed by atoms with Crippen molar-refractivity contribution in [3.63, 3.8) is 0 Å². The Kier molecular flexibility index (Phi) is 6.20. The second-order valence-electron chi connectivity index (χ2n) is 5.16. The molecule has 4 heteroatoms. The number of thioether (sulfide) groups is 1. The monoisotopic (exact) mass is 353 g/mol. The molecule has 0 spiro atoms. The molecule has 0 saturated carbocycles. The zero-order chi connectivity index (χ0) is 14.4. The quantitative estimate of drug-likeness (QED) is 0.702. The lowest BCUT2D eigenvalue weighted by molar-refractivity contribution is 0.530. The van der Waals surface area contributed by atoms with Crippen LogP contribution in [0.25, 0.3) is 0 Å². The van der Waals surface area contributed by atoms with E-state index in [0.29, 0.717) is 5.92 Å². The fourth-order valence-corrected chi connectivity index (χ4v) is 3.41. The summed E-state index contributed by atoms with van der Waals surface area (Å²) in [5, 5.41) is 3.46. The first kappa shape index (κ1) is 15.7. The van der Waals surface area contributed by atoms with Gasteiger partial charge in [-0.25, -0.2) is 0 Å². The van der Waals surface area contributed by atoms with Crippen molar-refractivity contribution in [2.24, 2.45) is 5.92 Å². The van der Waals surface area contributed by atoms with Gasteiger partial charge in [-0.15, -0.1) is 11.8 Å². The van der Waals surface area contributed by atoms with Gasteiger partial charge in [-0.3, -0.25) is 0 Å². The van der Waals surface area contributed by atoms with Crippen molar-refractivity contribution in [1.82, 2.24) is 5.32 Å². The van der Waals surface area contributed by atoms with Crippen LogP contribution in [0.5, 0.6) is 0 Å². The SMILES string of the molecule is CC(C)CNCc1ccc(SCc2ccco2)c(Br)c1. The molecule has 108 valence electrons. The van der Waals surface area contributed by atoms with E-state index in [0.717, 1.165) is 29.1 Å². The summed E-state index contributed by atoms with van der Waals surface area (Å²) < 4.78 is 6.50. The molecule has 0 atom stereocenters. The van der Waals surface area contributed by atoms with Crippen molar-refractivity contribution in [1.29, 1.82) is 0 Å². The van der Waals surface area contributed by atoms with Crippen molar-refractivity contribution in [2.75, 3.05) is 6.54 Å². The van der Waals surface area contributed by atoms with E-state index in [2.05, 4.69) is 53.3 Å². The van der Waals surface area contributed by atoms with Gasteiger partial charge >= 0.3 is 0 Å². The summed E-state index contributed by atoms with van der Waals surface area (Å²) in [6, 6.07) is 10.5. The van der Waals surface area contributed by atoms with Gasteiger partial charge in [0.05, 0.1) is 12.0 Å². The molecule has 0 fully saturated rings. The third kappa shape index (κ3) is 5.00. The van der Waals surface area contributed by atoms with Gasteiger partial charge in [-0.05, 0) is 58.2 Å². The number of hydrogen-bond acceptors (Lipinski definition) is 3. The Morgan fingerprint density at radius 1 is 1.30 bits per heavy atom. The number of halogens is 1. The zero-order valence-corrected chi connectivity index (χ0v) is 14.3.